The smallest absolute Gasteiger partial charge is 0.254 e. The number of aromatic nitrogens is 2. The van der Waals surface area contributed by atoms with Gasteiger partial charge in [-0.25, -0.2) is 0 Å². The van der Waals surface area contributed by atoms with Crippen LogP contribution in [0.2, 0.25) is 0 Å². The van der Waals surface area contributed by atoms with Crippen LogP contribution in [0.4, 0.5) is 0 Å². The van der Waals surface area contributed by atoms with E-state index in [1.807, 2.05) is 36.1 Å². The van der Waals surface area contributed by atoms with Crippen molar-refractivity contribution in [1.82, 2.24) is 20.4 Å². The summed E-state index contributed by atoms with van der Waals surface area (Å²) >= 11 is 0. The fourth-order valence-corrected chi connectivity index (χ4v) is 3.10. The van der Waals surface area contributed by atoms with E-state index < -0.39 is 0 Å². The van der Waals surface area contributed by atoms with E-state index in [-0.39, 0.29) is 18.6 Å². The Morgan fingerprint density at radius 3 is 2.77 bits per heavy atom. The van der Waals surface area contributed by atoms with Crippen molar-refractivity contribution in [2.24, 2.45) is 0 Å². The van der Waals surface area contributed by atoms with Crippen molar-refractivity contribution < 1.29 is 14.1 Å². The molecule has 1 amide bonds. The first-order chi connectivity index (χ1) is 12.7. The normalized spacial score (nSPS) is 16.6. The fraction of sp³-hybridized carbons (Fsp3) is 0.526. The molecule has 1 saturated heterocycles. The highest BCUT2D eigenvalue weighted by Crippen LogP contribution is 2.18. The van der Waals surface area contributed by atoms with Gasteiger partial charge in [0.2, 0.25) is 11.7 Å². The monoisotopic (exact) mass is 358 g/mol. The minimum absolute atomic E-state index is 0.0813. The van der Waals surface area contributed by atoms with Gasteiger partial charge >= 0.3 is 0 Å². The number of hydrogen-bond acceptors (Lipinski definition) is 6. The van der Waals surface area contributed by atoms with Crippen LogP contribution in [0, 0.1) is 0 Å². The van der Waals surface area contributed by atoms with Crippen LogP contribution < -0.4 is 10.1 Å². The molecule has 3 rings (SSSR count). The van der Waals surface area contributed by atoms with E-state index in [9.17, 15) is 4.79 Å². The minimum atomic E-state index is 0.0813. The van der Waals surface area contributed by atoms with Crippen LogP contribution in [-0.2, 0) is 13.0 Å². The van der Waals surface area contributed by atoms with Crippen molar-refractivity contribution in [1.29, 1.82) is 0 Å². The molecule has 1 fully saturated rings. The van der Waals surface area contributed by atoms with Gasteiger partial charge in [-0.3, -0.25) is 4.79 Å². The molecular weight excluding hydrogens is 332 g/mol. The molecule has 2 aromatic rings. The van der Waals surface area contributed by atoms with Gasteiger partial charge in [0, 0.05) is 31.1 Å². The van der Waals surface area contributed by atoms with Crippen LogP contribution in [0.15, 0.2) is 28.8 Å². The number of ether oxygens (including phenoxy) is 1. The second kappa shape index (κ2) is 8.80. The quantitative estimate of drug-likeness (QED) is 0.781. The predicted octanol–water partition coefficient (Wildman–Crippen LogP) is 2.43. The summed E-state index contributed by atoms with van der Waals surface area (Å²) in [4.78, 5) is 19.1. The molecule has 1 aliphatic heterocycles. The first-order valence-electron chi connectivity index (χ1n) is 9.27. The topological polar surface area (TPSA) is 80.5 Å². The number of rotatable bonds is 8. The Kier molecular flexibility index (Phi) is 6.22. The standard InChI is InChI=1S/C19H26N4O3/c1-3-11-23(15-9-10-20-12-15)19(24)14-5-7-16(8-6-14)25-13-17-21-18(4-2)26-22-17/h5-8,15,20H,3-4,9-13H2,1-2H3. The zero-order valence-corrected chi connectivity index (χ0v) is 15.4. The minimum Gasteiger partial charge on any atom is -0.485 e. The third-order valence-corrected chi connectivity index (χ3v) is 4.48. The molecule has 1 aliphatic rings. The van der Waals surface area contributed by atoms with Gasteiger partial charge in [0.1, 0.15) is 5.75 Å². The van der Waals surface area contributed by atoms with E-state index in [1.54, 1.807) is 0 Å². The van der Waals surface area contributed by atoms with Crippen LogP contribution >= 0.6 is 0 Å². The Morgan fingerprint density at radius 2 is 2.15 bits per heavy atom. The number of benzene rings is 1. The average molecular weight is 358 g/mol. The maximum Gasteiger partial charge on any atom is 0.254 e. The largest absolute Gasteiger partial charge is 0.485 e. The van der Waals surface area contributed by atoms with Gasteiger partial charge in [0.25, 0.3) is 5.91 Å². The second-order valence-electron chi connectivity index (χ2n) is 6.42. The molecule has 1 atom stereocenters. The molecule has 1 N–H and O–H groups in total. The lowest BCUT2D eigenvalue weighted by molar-refractivity contribution is 0.0692. The Bertz CT molecular complexity index is 708. The predicted molar refractivity (Wildman–Crippen MR) is 97.1 cm³/mol. The van der Waals surface area contributed by atoms with Gasteiger partial charge in [0.05, 0.1) is 0 Å². The summed E-state index contributed by atoms with van der Waals surface area (Å²) in [7, 11) is 0. The van der Waals surface area contributed by atoms with Gasteiger partial charge in [0.15, 0.2) is 6.61 Å². The molecule has 0 radical (unpaired) electrons. The maximum atomic E-state index is 12.9. The lowest BCUT2D eigenvalue weighted by atomic mass is 10.1. The lowest BCUT2D eigenvalue weighted by Crippen LogP contribution is -2.42. The third-order valence-electron chi connectivity index (χ3n) is 4.48. The molecule has 140 valence electrons. The van der Waals surface area contributed by atoms with E-state index in [2.05, 4.69) is 22.4 Å². The van der Waals surface area contributed by atoms with Crippen molar-refractivity contribution >= 4 is 5.91 Å². The second-order valence-corrected chi connectivity index (χ2v) is 6.42. The Morgan fingerprint density at radius 1 is 1.35 bits per heavy atom. The van der Waals surface area contributed by atoms with Crippen molar-refractivity contribution in [2.75, 3.05) is 19.6 Å². The molecule has 0 saturated carbocycles. The summed E-state index contributed by atoms with van der Waals surface area (Å²) in [5.74, 6) is 1.87. The molecule has 26 heavy (non-hydrogen) atoms. The SMILES string of the molecule is CCCN(C(=O)c1ccc(OCc2noc(CC)n2)cc1)C1CCNC1. The maximum absolute atomic E-state index is 12.9. The molecule has 0 aliphatic carbocycles. The van der Waals surface area contributed by atoms with Gasteiger partial charge < -0.3 is 19.5 Å². The van der Waals surface area contributed by atoms with Crippen LogP contribution in [0.3, 0.4) is 0 Å². The van der Waals surface area contributed by atoms with E-state index in [4.69, 9.17) is 9.26 Å². The Hall–Kier alpha value is -2.41. The summed E-state index contributed by atoms with van der Waals surface area (Å²) in [6.45, 7) is 6.92. The molecule has 1 unspecified atom stereocenters. The number of nitrogens with one attached hydrogen (secondary N) is 1. The lowest BCUT2D eigenvalue weighted by Gasteiger charge is -2.28. The zero-order chi connectivity index (χ0) is 18.4. The van der Waals surface area contributed by atoms with Gasteiger partial charge in [-0.2, -0.15) is 4.98 Å². The van der Waals surface area contributed by atoms with E-state index in [0.29, 0.717) is 29.4 Å². The Balaban J connectivity index is 1.61. The van der Waals surface area contributed by atoms with Crippen LogP contribution in [0.25, 0.3) is 0 Å². The number of nitrogens with zero attached hydrogens (tertiary/aromatic N) is 3. The molecule has 1 aromatic carbocycles. The number of aryl methyl sites for hydroxylation is 1. The van der Waals surface area contributed by atoms with Gasteiger partial charge in [-0.05, 0) is 43.7 Å². The highest BCUT2D eigenvalue weighted by Gasteiger charge is 2.26. The third kappa shape index (κ3) is 4.40. The molecular formula is C19H26N4O3. The van der Waals surface area contributed by atoms with Crippen LogP contribution in [0.1, 0.15) is 48.8 Å². The molecule has 7 heteroatoms. The highest BCUT2D eigenvalue weighted by molar-refractivity contribution is 5.94. The molecule has 2 heterocycles. The van der Waals surface area contributed by atoms with E-state index in [1.165, 1.54) is 0 Å². The molecule has 0 bridgehead atoms. The van der Waals surface area contributed by atoms with Crippen molar-refractivity contribution in [3.8, 4) is 5.75 Å². The number of amides is 1. The van der Waals surface area contributed by atoms with Crippen molar-refractivity contribution in [3.63, 3.8) is 0 Å². The molecule has 0 spiro atoms. The number of hydrogen-bond donors (Lipinski definition) is 1. The summed E-state index contributed by atoms with van der Waals surface area (Å²) in [6.07, 6.45) is 2.67. The van der Waals surface area contributed by atoms with Gasteiger partial charge in [-0.15, -0.1) is 0 Å². The highest BCUT2D eigenvalue weighted by atomic mass is 16.5. The number of carbonyl (C=O) groups excluding carboxylic acids is 1. The van der Waals surface area contributed by atoms with Crippen LogP contribution in [-0.4, -0.2) is 46.6 Å². The van der Waals surface area contributed by atoms with Crippen molar-refractivity contribution in [3.05, 3.63) is 41.5 Å². The first kappa shape index (κ1) is 18.4. The summed E-state index contributed by atoms with van der Waals surface area (Å²) in [5.41, 5.74) is 0.686. The number of carbonyl (C=O) groups is 1. The first-order valence-corrected chi connectivity index (χ1v) is 9.27. The van der Waals surface area contributed by atoms with E-state index in [0.717, 1.165) is 32.5 Å². The molecule has 7 nitrogen and oxygen atoms in total. The average Bonchev–Trinajstić information content (AvgIpc) is 3.36. The van der Waals surface area contributed by atoms with Crippen LogP contribution in [0.5, 0.6) is 5.75 Å². The summed E-state index contributed by atoms with van der Waals surface area (Å²) < 4.78 is 10.7. The Labute approximate surface area is 153 Å². The van der Waals surface area contributed by atoms with Gasteiger partial charge in [-0.1, -0.05) is 19.0 Å². The van der Waals surface area contributed by atoms with E-state index >= 15 is 0 Å². The van der Waals surface area contributed by atoms with Crippen molar-refractivity contribution in [2.45, 2.75) is 45.8 Å². The summed E-state index contributed by atoms with van der Waals surface area (Å²) in [5, 5.41) is 7.19. The molecule has 1 aromatic heterocycles. The fourth-order valence-electron chi connectivity index (χ4n) is 3.10. The summed E-state index contributed by atoms with van der Waals surface area (Å²) in [6, 6.07) is 7.53. The zero-order valence-electron chi connectivity index (χ0n) is 15.4.